The molecule has 0 atom stereocenters. The van der Waals surface area contributed by atoms with Crippen molar-refractivity contribution in [3.63, 3.8) is 0 Å². The van der Waals surface area contributed by atoms with Crippen molar-refractivity contribution in [3.05, 3.63) is 143 Å². The van der Waals surface area contributed by atoms with Crippen LogP contribution in [0.5, 0.6) is 23.0 Å². The number of nitrogens with one attached hydrogen (secondary N) is 2. The van der Waals surface area contributed by atoms with Crippen LogP contribution in [0.3, 0.4) is 0 Å². The third-order valence-electron chi connectivity index (χ3n) is 6.66. The Morgan fingerprint density at radius 2 is 1.02 bits per heavy atom. The number of carbonyl (C=O) groups is 2. The molecule has 0 aliphatic carbocycles. The first-order chi connectivity index (χ1) is 23.0. The number of ether oxygens (including phenoxy) is 4. The standard InChI is InChI=1S/C36H32N4O7/c1-43-33-19-27(13-15-29(33)45-23-25-9-5-3-6-10-25)21-37-39-35(41)31-17-18-32(47-31)36(42)40-38-22-28-14-16-30(34(20-28)44-2)46-24-26-11-7-4-8-12-26/h3-22H,23-24H2,1-2H3,(H,39,41)(H,40,42). The topological polar surface area (TPSA) is 133 Å². The molecule has 11 heteroatoms. The van der Waals surface area contributed by atoms with Crippen molar-refractivity contribution in [1.82, 2.24) is 10.9 Å². The third kappa shape index (κ3) is 9.08. The molecule has 5 rings (SSSR count). The second kappa shape index (κ2) is 16.1. The molecule has 1 aromatic heterocycles. The molecule has 0 saturated carbocycles. The lowest BCUT2D eigenvalue weighted by Crippen LogP contribution is -2.18. The third-order valence-corrected chi connectivity index (χ3v) is 6.66. The maximum absolute atomic E-state index is 12.5. The van der Waals surface area contributed by atoms with Crippen LogP contribution in [0.25, 0.3) is 0 Å². The molecule has 1 heterocycles. The Hall–Kier alpha value is -6.36. The summed E-state index contributed by atoms with van der Waals surface area (Å²) in [5.74, 6) is 0.702. The summed E-state index contributed by atoms with van der Waals surface area (Å²) in [7, 11) is 3.09. The molecule has 2 amide bonds. The number of amides is 2. The van der Waals surface area contributed by atoms with Gasteiger partial charge in [0.15, 0.2) is 34.5 Å². The largest absolute Gasteiger partial charge is 0.493 e. The van der Waals surface area contributed by atoms with E-state index in [0.717, 1.165) is 11.1 Å². The van der Waals surface area contributed by atoms with Crippen molar-refractivity contribution in [1.29, 1.82) is 0 Å². The Morgan fingerprint density at radius 3 is 1.43 bits per heavy atom. The average Bonchev–Trinajstić information content (AvgIpc) is 3.62. The molecule has 0 aliphatic heterocycles. The van der Waals surface area contributed by atoms with E-state index in [1.165, 1.54) is 24.6 Å². The number of hydrazone groups is 2. The number of furan rings is 1. The zero-order valence-electron chi connectivity index (χ0n) is 25.7. The van der Waals surface area contributed by atoms with Gasteiger partial charge in [-0.3, -0.25) is 9.59 Å². The monoisotopic (exact) mass is 632 g/mol. The molecule has 0 bridgehead atoms. The Labute approximate surface area is 271 Å². The second-order valence-corrected chi connectivity index (χ2v) is 9.93. The molecule has 5 aromatic rings. The van der Waals surface area contributed by atoms with Gasteiger partial charge in [0.2, 0.25) is 0 Å². The first kappa shape index (κ1) is 32.0. The van der Waals surface area contributed by atoms with Crippen molar-refractivity contribution >= 4 is 24.2 Å². The van der Waals surface area contributed by atoms with Gasteiger partial charge in [-0.05, 0) is 70.8 Å². The van der Waals surface area contributed by atoms with E-state index in [4.69, 9.17) is 23.4 Å². The fraction of sp³-hybridized carbons (Fsp3) is 0.111. The highest BCUT2D eigenvalue weighted by Crippen LogP contribution is 2.29. The first-order valence-corrected chi connectivity index (χ1v) is 14.5. The molecule has 0 saturated heterocycles. The first-order valence-electron chi connectivity index (χ1n) is 14.5. The molecule has 0 spiro atoms. The van der Waals surface area contributed by atoms with E-state index in [2.05, 4.69) is 21.1 Å². The van der Waals surface area contributed by atoms with Crippen molar-refractivity contribution in [3.8, 4) is 23.0 Å². The molecular formula is C36H32N4O7. The van der Waals surface area contributed by atoms with Gasteiger partial charge >= 0.3 is 11.8 Å². The molecule has 0 fully saturated rings. The number of hydrogen-bond donors (Lipinski definition) is 2. The number of rotatable bonds is 14. The van der Waals surface area contributed by atoms with E-state index < -0.39 is 11.8 Å². The second-order valence-electron chi connectivity index (χ2n) is 9.93. The minimum absolute atomic E-state index is 0.102. The molecule has 47 heavy (non-hydrogen) atoms. The normalized spacial score (nSPS) is 10.9. The summed E-state index contributed by atoms with van der Waals surface area (Å²) in [5.41, 5.74) is 8.15. The summed E-state index contributed by atoms with van der Waals surface area (Å²) in [6, 6.07) is 32.8. The van der Waals surface area contributed by atoms with Gasteiger partial charge in [0.05, 0.1) is 26.6 Å². The van der Waals surface area contributed by atoms with Crippen molar-refractivity contribution in [2.75, 3.05) is 14.2 Å². The molecule has 0 unspecified atom stereocenters. The van der Waals surface area contributed by atoms with Crippen LogP contribution in [0.1, 0.15) is 43.4 Å². The molecule has 11 nitrogen and oxygen atoms in total. The lowest BCUT2D eigenvalue weighted by molar-refractivity contribution is 0.0902. The van der Waals surface area contributed by atoms with Crippen LogP contribution in [0.4, 0.5) is 0 Å². The molecule has 4 aromatic carbocycles. The number of benzene rings is 4. The predicted molar refractivity (Wildman–Crippen MR) is 176 cm³/mol. The predicted octanol–water partition coefficient (Wildman–Crippen LogP) is 5.98. The smallest absolute Gasteiger partial charge is 0.307 e. The van der Waals surface area contributed by atoms with Gasteiger partial charge in [-0.25, -0.2) is 10.9 Å². The Kier molecular flexibility index (Phi) is 11.0. The maximum Gasteiger partial charge on any atom is 0.307 e. The highest BCUT2D eigenvalue weighted by Gasteiger charge is 2.15. The van der Waals surface area contributed by atoms with Crippen molar-refractivity contribution < 1.29 is 33.0 Å². The van der Waals surface area contributed by atoms with Gasteiger partial charge in [-0.2, -0.15) is 10.2 Å². The Bertz CT molecular complexity index is 1720. The van der Waals surface area contributed by atoms with E-state index >= 15 is 0 Å². The van der Waals surface area contributed by atoms with Gasteiger partial charge in [0.1, 0.15) is 13.2 Å². The Morgan fingerprint density at radius 1 is 0.596 bits per heavy atom. The summed E-state index contributed by atoms with van der Waals surface area (Å²) < 4.78 is 28.0. The van der Waals surface area contributed by atoms with Crippen LogP contribution in [0.15, 0.2) is 124 Å². The lowest BCUT2D eigenvalue weighted by Gasteiger charge is -2.11. The maximum atomic E-state index is 12.5. The van der Waals surface area contributed by atoms with Gasteiger partial charge in [-0.15, -0.1) is 0 Å². The van der Waals surface area contributed by atoms with Crippen LogP contribution >= 0.6 is 0 Å². The fourth-order valence-electron chi connectivity index (χ4n) is 4.26. The summed E-state index contributed by atoms with van der Waals surface area (Å²) >= 11 is 0. The zero-order chi connectivity index (χ0) is 32.8. The number of hydrogen-bond acceptors (Lipinski definition) is 9. The van der Waals surface area contributed by atoms with Crippen LogP contribution in [0.2, 0.25) is 0 Å². The van der Waals surface area contributed by atoms with Crippen LogP contribution in [0, 0.1) is 0 Å². The van der Waals surface area contributed by atoms with Gasteiger partial charge in [0, 0.05) is 0 Å². The van der Waals surface area contributed by atoms with Gasteiger partial charge < -0.3 is 23.4 Å². The summed E-state index contributed by atoms with van der Waals surface area (Å²) in [5, 5.41) is 7.95. The minimum Gasteiger partial charge on any atom is -0.493 e. The van der Waals surface area contributed by atoms with Gasteiger partial charge in [0.25, 0.3) is 0 Å². The molecule has 238 valence electrons. The fourth-order valence-corrected chi connectivity index (χ4v) is 4.26. The number of methoxy groups -OCH3 is 2. The van der Waals surface area contributed by atoms with Crippen LogP contribution in [-0.4, -0.2) is 38.5 Å². The number of nitrogens with zero attached hydrogens (tertiary/aromatic N) is 2. The Balaban J connectivity index is 1.10. The number of carbonyl (C=O) groups excluding carboxylic acids is 2. The summed E-state index contributed by atoms with van der Waals surface area (Å²) in [6.07, 6.45) is 2.90. The molecule has 0 radical (unpaired) electrons. The quantitative estimate of drug-likeness (QED) is 0.114. The van der Waals surface area contributed by atoms with E-state index in [9.17, 15) is 9.59 Å². The summed E-state index contributed by atoms with van der Waals surface area (Å²) in [6.45, 7) is 0.788. The van der Waals surface area contributed by atoms with Gasteiger partial charge in [-0.1, -0.05) is 60.7 Å². The van der Waals surface area contributed by atoms with Crippen LogP contribution in [-0.2, 0) is 13.2 Å². The van der Waals surface area contributed by atoms with Crippen molar-refractivity contribution in [2.24, 2.45) is 10.2 Å². The zero-order valence-corrected chi connectivity index (χ0v) is 25.7. The highest BCUT2D eigenvalue weighted by atomic mass is 16.5. The SMILES string of the molecule is COc1cc(C=NNC(=O)c2ccc(C(=O)NN=Cc3ccc(OCc4ccccc4)c(OC)c3)o2)ccc1OCc1ccccc1. The minimum atomic E-state index is -0.639. The molecular weight excluding hydrogens is 600 g/mol. The summed E-state index contributed by atoms with van der Waals surface area (Å²) in [4.78, 5) is 25.1. The molecule has 0 aliphatic rings. The van der Waals surface area contributed by atoms with E-state index in [1.54, 1.807) is 50.6 Å². The highest BCUT2D eigenvalue weighted by molar-refractivity contribution is 5.96. The van der Waals surface area contributed by atoms with Crippen LogP contribution < -0.4 is 29.8 Å². The van der Waals surface area contributed by atoms with Crippen molar-refractivity contribution in [2.45, 2.75) is 13.2 Å². The lowest BCUT2D eigenvalue weighted by atomic mass is 10.2. The van der Waals surface area contributed by atoms with E-state index in [0.29, 0.717) is 47.3 Å². The molecule has 2 N–H and O–H groups in total. The van der Waals surface area contributed by atoms with E-state index in [1.807, 2.05) is 60.7 Å². The van der Waals surface area contributed by atoms with E-state index in [-0.39, 0.29) is 11.5 Å². The average molecular weight is 633 g/mol.